The molecule has 0 aliphatic heterocycles. The first kappa shape index (κ1) is 33.7. The second kappa shape index (κ2) is 15.3. The van der Waals surface area contributed by atoms with E-state index in [0.29, 0.717) is 12.0 Å². The molecule has 0 fully saturated rings. The molecule has 0 bridgehead atoms. The first-order valence-electron chi connectivity index (χ1n) is 13.1. The Hall–Kier alpha value is -3.34. The summed E-state index contributed by atoms with van der Waals surface area (Å²) in [5.74, 6) is -1.27. The average Bonchev–Trinajstić information content (AvgIpc) is 2.77. The maximum absolute atomic E-state index is 12.5. The summed E-state index contributed by atoms with van der Waals surface area (Å²) >= 11 is 0. The van der Waals surface area contributed by atoms with E-state index in [2.05, 4.69) is 0 Å². The minimum atomic E-state index is -1.07. The number of nitrogens with two attached hydrogens (primary N) is 1. The van der Waals surface area contributed by atoms with Crippen molar-refractivity contribution in [2.24, 2.45) is 5.73 Å². The summed E-state index contributed by atoms with van der Waals surface area (Å²) in [7, 11) is 0. The maximum atomic E-state index is 12.5. The fourth-order valence-corrected chi connectivity index (χ4v) is 3.02. The fraction of sp³-hybridized carbons (Fsp3) is 0.643. The molecule has 0 aliphatic carbocycles. The third-order valence-corrected chi connectivity index (χ3v) is 4.71. The van der Waals surface area contributed by atoms with E-state index < -0.39 is 41.6 Å². The molecule has 0 aliphatic rings. The monoisotopic (exact) mass is 553 g/mol. The second-order valence-electron chi connectivity index (χ2n) is 11.1. The van der Waals surface area contributed by atoms with E-state index in [1.807, 2.05) is 6.92 Å². The molecular formula is C28H43NO10. The van der Waals surface area contributed by atoms with Gasteiger partial charge in [-0.1, -0.05) is 25.8 Å². The Labute approximate surface area is 230 Å². The van der Waals surface area contributed by atoms with Crippen LogP contribution in [0.2, 0.25) is 0 Å². The lowest BCUT2D eigenvalue weighted by Gasteiger charge is -2.21. The van der Waals surface area contributed by atoms with E-state index in [1.54, 1.807) is 54.5 Å². The summed E-state index contributed by atoms with van der Waals surface area (Å²) < 4.78 is 31.3. The Morgan fingerprint density at radius 1 is 0.872 bits per heavy atom. The molecule has 0 unspecified atom stereocenters. The third kappa shape index (κ3) is 15.0. The van der Waals surface area contributed by atoms with Crippen molar-refractivity contribution in [3.8, 4) is 11.5 Å². The van der Waals surface area contributed by atoms with Crippen LogP contribution in [-0.4, -0.2) is 54.2 Å². The van der Waals surface area contributed by atoms with E-state index in [4.69, 9.17) is 34.2 Å². The molecule has 11 nitrogen and oxygen atoms in total. The van der Waals surface area contributed by atoms with Gasteiger partial charge in [0, 0.05) is 6.42 Å². The summed E-state index contributed by atoms with van der Waals surface area (Å²) in [4.78, 5) is 48.7. The Balaban J connectivity index is 2.88. The van der Waals surface area contributed by atoms with E-state index >= 15 is 0 Å². The third-order valence-electron chi connectivity index (χ3n) is 4.71. The maximum Gasteiger partial charge on any atom is 0.514 e. The minimum absolute atomic E-state index is 0.0136. The van der Waals surface area contributed by atoms with Gasteiger partial charge in [0.25, 0.3) is 0 Å². The lowest BCUT2D eigenvalue weighted by Crippen LogP contribution is -2.37. The Morgan fingerprint density at radius 3 is 1.97 bits per heavy atom. The topological polar surface area (TPSA) is 150 Å². The van der Waals surface area contributed by atoms with Crippen LogP contribution in [0.25, 0.3) is 0 Å². The van der Waals surface area contributed by atoms with E-state index in [-0.39, 0.29) is 30.5 Å². The molecule has 1 aromatic carbocycles. The van der Waals surface area contributed by atoms with Crippen molar-refractivity contribution < 1.29 is 47.6 Å². The zero-order valence-corrected chi connectivity index (χ0v) is 24.3. The summed E-state index contributed by atoms with van der Waals surface area (Å²) in [6.07, 6.45) is 0.306. The number of ether oxygens (including phenoxy) is 6. The van der Waals surface area contributed by atoms with Gasteiger partial charge in [-0.3, -0.25) is 9.59 Å². The van der Waals surface area contributed by atoms with Crippen LogP contribution in [0.15, 0.2) is 18.2 Å². The predicted octanol–water partition coefficient (Wildman–Crippen LogP) is 5.24. The van der Waals surface area contributed by atoms with Gasteiger partial charge in [0.05, 0.1) is 0 Å². The highest BCUT2D eigenvalue weighted by atomic mass is 16.8. The van der Waals surface area contributed by atoms with E-state index in [1.165, 1.54) is 12.1 Å². The normalized spacial score (nSPS) is 13.1. The van der Waals surface area contributed by atoms with Gasteiger partial charge < -0.3 is 34.2 Å². The molecule has 0 radical (unpaired) electrons. The molecule has 2 N–H and O–H groups in total. The molecular weight excluding hydrogens is 510 g/mol. The van der Waals surface area contributed by atoms with Crippen LogP contribution >= 0.6 is 0 Å². The van der Waals surface area contributed by atoms with Crippen LogP contribution in [0, 0.1) is 0 Å². The molecule has 220 valence electrons. The van der Waals surface area contributed by atoms with Crippen molar-refractivity contribution in [1.29, 1.82) is 0 Å². The van der Waals surface area contributed by atoms with Crippen LogP contribution in [0.5, 0.6) is 11.5 Å². The smallest absolute Gasteiger partial charge is 0.462 e. The van der Waals surface area contributed by atoms with Crippen LogP contribution in [0.1, 0.15) is 86.6 Å². The number of carbonyl (C=O) groups is 4. The molecule has 1 aromatic rings. The number of hydrogen-bond acceptors (Lipinski definition) is 11. The molecule has 2 atom stereocenters. The summed E-state index contributed by atoms with van der Waals surface area (Å²) in [6.45, 7) is 13.6. The van der Waals surface area contributed by atoms with Crippen molar-refractivity contribution in [1.82, 2.24) is 0 Å². The highest BCUT2D eigenvalue weighted by Crippen LogP contribution is 2.31. The van der Waals surface area contributed by atoms with Crippen LogP contribution in [0.3, 0.4) is 0 Å². The molecule has 0 heterocycles. The average molecular weight is 554 g/mol. The summed E-state index contributed by atoms with van der Waals surface area (Å²) in [6, 6.07) is 3.27. The molecule has 0 amide bonds. The zero-order valence-electron chi connectivity index (χ0n) is 24.3. The molecule has 39 heavy (non-hydrogen) atoms. The lowest BCUT2D eigenvalue weighted by molar-refractivity contribution is -0.159. The first-order valence-corrected chi connectivity index (χ1v) is 13.1. The minimum Gasteiger partial charge on any atom is -0.462 e. The Bertz CT molecular complexity index is 978. The van der Waals surface area contributed by atoms with Crippen molar-refractivity contribution in [3.05, 3.63) is 23.8 Å². The van der Waals surface area contributed by atoms with Crippen molar-refractivity contribution >= 4 is 24.2 Å². The number of unbranched alkanes of at least 4 members (excludes halogenated alkanes) is 2. The fourth-order valence-electron chi connectivity index (χ4n) is 3.02. The Kier molecular flexibility index (Phi) is 13.2. The van der Waals surface area contributed by atoms with Gasteiger partial charge in [-0.05, 0) is 79.0 Å². The molecule has 0 aromatic heterocycles. The molecule has 0 spiro atoms. The molecule has 0 saturated carbocycles. The van der Waals surface area contributed by atoms with Gasteiger partial charge in [-0.25, -0.2) is 9.59 Å². The van der Waals surface area contributed by atoms with Crippen molar-refractivity contribution in [2.45, 2.75) is 111 Å². The van der Waals surface area contributed by atoms with Gasteiger partial charge in [-0.15, -0.1) is 0 Å². The van der Waals surface area contributed by atoms with Gasteiger partial charge >= 0.3 is 24.2 Å². The predicted molar refractivity (Wildman–Crippen MR) is 143 cm³/mol. The van der Waals surface area contributed by atoms with Crippen molar-refractivity contribution in [3.63, 3.8) is 0 Å². The second-order valence-corrected chi connectivity index (χ2v) is 11.1. The zero-order chi connectivity index (χ0) is 29.8. The molecule has 11 heteroatoms. The van der Waals surface area contributed by atoms with Gasteiger partial charge in [0.1, 0.15) is 30.0 Å². The summed E-state index contributed by atoms with van der Waals surface area (Å²) in [5, 5.41) is 0. The van der Waals surface area contributed by atoms with E-state index in [9.17, 15) is 19.2 Å². The largest absolute Gasteiger partial charge is 0.514 e. The summed E-state index contributed by atoms with van der Waals surface area (Å²) in [5.41, 5.74) is 4.90. The van der Waals surface area contributed by atoms with Crippen LogP contribution in [-0.2, 0) is 35.0 Å². The number of hydrogen-bond donors (Lipinski definition) is 1. The van der Waals surface area contributed by atoms with Crippen LogP contribution in [0.4, 0.5) is 9.59 Å². The highest BCUT2D eigenvalue weighted by molar-refractivity contribution is 5.76. The van der Waals surface area contributed by atoms with Crippen LogP contribution < -0.4 is 15.2 Å². The Morgan fingerprint density at radius 2 is 1.44 bits per heavy atom. The quantitative estimate of drug-likeness (QED) is 0.157. The number of rotatable bonds is 12. The van der Waals surface area contributed by atoms with Crippen molar-refractivity contribution in [2.75, 3.05) is 6.61 Å². The SMILES string of the molecule is CCCCCC(=O)OC[C@H](C)OC(=O)[C@@H](N)Cc1ccc(OC(=O)OC(C)(C)C)c(OC(=O)OC(C)(C)C)c1. The number of benzene rings is 1. The highest BCUT2D eigenvalue weighted by Gasteiger charge is 2.25. The molecule has 0 saturated heterocycles. The van der Waals surface area contributed by atoms with E-state index in [0.717, 1.165) is 19.3 Å². The van der Waals surface area contributed by atoms with Gasteiger partial charge in [0.2, 0.25) is 0 Å². The first-order chi connectivity index (χ1) is 18.0. The van der Waals surface area contributed by atoms with Gasteiger partial charge in [0.15, 0.2) is 11.5 Å². The number of esters is 2. The lowest BCUT2D eigenvalue weighted by atomic mass is 10.1. The van der Waals surface area contributed by atoms with Gasteiger partial charge in [-0.2, -0.15) is 0 Å². The number of carbonyl (C=O) groups excluding carboxylic acids is 4. The standard InChI is InChI=1S/C28H43NO10/c1-9-10-11-12-23(30)34-17-18(2)35-24(31)20(29)15-19-13-14-21(36-25(32)38-27(3,4)5)22(16-19)37-26(33)39-28(6,7)8/h13-14,16,18,20H,9-12,15,17,29H2,1-8H3/t18-,20-/m0/s1. The molecule has 1 rings (SSSR count).